The summed E-state index contributed by atoms with van der Waals surface area (Å²) in [7, 11) is 0. The van der Waals surface area contributed by atoms with Crippen LogP contribution in [0.5, 0.6) is 0 Å². The second-order valence-electron chi connectivity index (χ2n) is 7.36. The Kier molecular flexibility index (Phi) is 4.59. The first kappa shape index (κ1) is 16.1. The molecule has 1 aromatic heterocycles. The number of carbonyl (C=O) groups excluding carboxylic acids is 1. The first-order valence-corrected chi connectivity index (χ1v) is 9.46. The van der Waals surface area contributed by atoms with Gasteiger partial charge in [-0.3, -0.25) is 14.8 Å². The van der Waals surface area contributed by atoms with Crippen molar-refractivity contribution in [3.8, 4) is 0 Å². The van der Waals surface area contributed by atoms with Gasteiger partial charge in [0, 0.05) is 36.9 Å². The molecule has 0 spiro atoms. The highest BCUT2D eigenvalue weighted by Gasteiger charge is 2.37. The van der Waals surface area contributed by atoms with E-state index < -0.39 is 0 Å². The molecular formula is C18H28N4O2. The van der Waals surface area contributed by atoms with Crippen LogP contribution in [0.15, 0.2) is 0 Å². The third-order valence-electron chi connectivity index (χ3n) is 5.79. The molecule has 4 rings (SSSR count). The van der Waals surface area contributed by atoms with Gasteiger partial charge in [0.15, 0.2) is 5.69 Å². The fourth-order valence-electron chi connectivity index (χ4n) is 4.51. The van der Waals surface area contributed by atoms with E-state index in [0.717, 1.165) is 57.7 Å². The minimum Gasteiger partial charge on any atom is -0.378 e. The SMILES string of the molecule is CCC[C@H]1COC[C@H]2CN(C(=O)c3n[nH]c4c3CCCC4)CCN12. The molecule has 2 aliphatic heterocycles. The van der Waals surface area contributed by atoms with E-state index in [1.54, 1.807) is 0 Å². The number of morpholine rings is 1. The van der Waals surface area contributed by atoms with E-state index in [1.807, 2.05) is 4.90 Å². The molecule has 2 fully saturated rings. The number of hydrogen-bond donors (Lipinski definition) is 1. The highest BCUT2D eigenvalue weighted by Crippen LogP contribution is 2.26. The minimum atomic E-state index is 0.103. The maximum Gasteiger partial charge on any atom is 0.274 e. The molecule has 6 nitrogen and oxygen atoms in total. The Hall–Kier alpha value is -1.40. The molecule has 3 aliphatic rings. The van der Waals surface area contributed by atoms with Gasteiger partial charge in [-0.15, -0.1) is 0 Å². The number of nitrogens with zero attached hydrogens (tertiary/aromatic N) is 3. The van der Waals surface area contributed by atoms with Crippen LogP contribution < -0.4 is 0 Å². The third kappa shape index (κ3) is 2.86. The van der Waals surface area contributed by atoms with Gasteiger partial charge >= 0.3 is 0 Å². The fourth-order valence-corrected chi connectivity index (χ4v) is 4.51. The summed E-state index contributed by atoms with van der Waals surface area (Å²) in [4.78, 5) is 17.6. The molecular weight excluding hydrogens is 304 g/mol. The fraction of sp³-hybridized carbons (Fsp3) is 0.778. The van der Waals surface area contributed by atoms with E-state index in [-0.39, 0.29) is 5.91 Å². The summed E-state index contributed by atoms with van der Waals surface area (Å²) in [6.45, 7) is 6.33. The lowest BCUT2D eigenvalue weighted by atomic mass is 9.95. The van der Waals surface area contributed by atoms with Gasteiger partial charge in [0.25, 0.3) is 5.91 Å². The predicted octanol–water partition coefficient (Wildman–Crippen LogP) is 1.61. The maximum absolute atomic E-state index is 13.0. The maximum atomic E-state index is 13.0. The van der Waals surface area contributed by atoms with Crippen molar-refractivity contribution < 1.29 is 9.53 Å². The topological polar surface area (TPSA) is 61.5 Å². The minimum absolute atomic E-state index is 0.103. The van der Waals surface area contributed by atoms with E-state index in [4.69, 9.17) is 4.74 Å². The van der Waals surface area contributed by atoms with Crippen molar-refractivity contribution in [1.29, 1.82) is 0 Å². The van der Waals surface area contributed by atoms with Crippen molar-refractivity contribution in [2.45, 2.75) is 57.5 Å². The number of aromatic amines is 1. The number of aryl methyl sites for hydroxylation is 1. The number of hydrogen-bond acceptors (Lipinski definition) is 4. The molecule has 0 aromatic carbocycles. The lowest BCUT2D eigenvalue weighted by Gasteiger charge is -2.48. The first-order chi connectivity index (χ1) is 11.8. The molecule has 3 heterocycles. The highest BCUT2D eigenvalue weighted by atomic mass is 16.5. The average Bonchev–Trinajstić information content (AvgIpc) is 3.05. The van der Waals surface area contributed by atoms with Crippen LogP contribution in [0.4, 0.5) is 0 Å². The molecule has 0 bridgehead atoms. The van der Waals surface area contributed by atoms with Crippen LogP contribution >= 0.6 is 0 Å². The lowest BCUT2D eigenvalue weighted by molar-refractivity contribution is -0.0777. The lowest BCUT2D eigenvalue weighted by Crippen LogP contribution is -2.62. The number of nitrogens with one attached hydrogen (secondary N) is 1. The summed E-state index contributed by atoms with van der Waals surface area (Å²) in [6, 6.07) is 0.854. The summed E-state index contributed by atoms with van der Waals surface area (Å²) in [6.07, 6.45) is 6.72. The van der Waals surface area contributed by atoms with Crippen LogP contribution in [0.1, 0.15) is 54.4 Å². The van der Waals surface area contributed by atoms with Gasteiger partial charge in [-0.1, -0.05) is 13.3 Å². The number of amides is 1. The monoisotopic (exact) mass is 332 g/mol. The molecule has 0 saturated carbocycles. The Labute approximate surface area is 143 Å². The summed E-state index contributed by atoms with van der Waals surface area (Å²) < 4.78 is 5.81. The molecule has 1 aromatic rings. The zero-order valence-electron chi connectivity index (χ0n) is 14.6. The Morgan fingerprint density at radius 3 is 3.04 bits per heavy atom. The Morgan fingerprint density at radius 2 is 2.17 bits per heavy atom. The summed E-state index contributed by atoms with van der Waals surface area (Å²) in [5.74, 6) is 0.103. The zero-order chi connectivity index (χ0) is 16.5. The van der Waals surface area contributed by atoms with Crippen LogP contribution in [0.2, 0.25) is 0 Å². The summed E-state index contributed by atoms with van der Waals surface area (Å²) >= 11 is 0. The molecule has 2 saturated heterocycles. The molecule has 132 valence electrons. The highest BCUT2D eigenvalue weighted by molar-refractivity contribution is 5.94. The van der Waals surface area contributed by atoms with Gasteiger partial charge in [-0.25, -0.2) is 0 Å². The second kappa shape index (κ2) is 6.84. The molecule has 0 radical (unpaired) electrons. The molecule has 24 heavy (non-hydrogen) atoms. The average molecular weight is 332 g/mol. The zero-order valence-corrected chi connectivity index (χ0v) is 14.6. The molecule has 0 unspecified atom stereocenters. The largest absolute Gasteiger partial charge is 0.378 e. The Morgan fingerprint density at radius 1 is 1.29 bits per heavy atom. The van der Waals surface area contributed by atoms with Crippen molar-refractivity contribution in [3.05, 3.63) is 17.0 Å². The summed E-state index contributed by atoms with van der Waals surface area (Å²) in [5, 5.41) is 7.45. The van der Waals surface area contributed by atoms with Gasteiger partial charge in [0.2, 0.25) is 0 Å². The molecule has 1 N–H and O–H groups in total. The van der Waals surface area contributed by atoms with Gasteiger partial charge < -0.3 is 9.64 Å². The number of H-pyrrole nitrogens is 1. The van der Waals surface area contributed by atoms with Crippen molar-refractivity contribution in [2.75, 3.05) is 32.8 Å². The van der Waals surface area contributed by atoms with Crippen molar-refractivity contribution in [3.63, 3.8) is 0 Å². The van der Waals surface area contributed by atoms with Gasteiger partial charge in [0.1, 0.15) is 0 Å². The molecule has 2 atom stereocenters. The smallest absolute Gasteiger partial charge is 0.274 e. The number of fused-ring (bicyclic) bond motifs is 2. The van der Waals surface area contributed by atoms with Gasteiger partial charge in [0.05, 0.1) is 19.3 Å². The van der Waals surface area contributed by atoms with Crippen LogP contribution in [-0.2, 0) is 17.6 Å². The summed E-state index contributed by atoms with van der Waals surface area (Å²) in [5.41, 5.74) is 3.00. The quantitative estimate of drug-likeness (QED) is 0.914. The Balaban J connectivity index is 1.46. The van der Waals surface area contributed by atoms with Gasteiger partial charge in [-0.2, -0.15) is 5.10 Å². The van der Waals surface area contributed by atoms with Crippen molar-refractivity contribution >= 4 is 5.91 Å². The number of aromatic nitrogens is 2. The van der Waals surface area contributed by atoms with E-state index in [9.17, 15) is 4.79 Å². The van der Waals surface area contributed by atoms with Crippen molar-refractivity contribution in [1.82, 2.24) is 20.0 Å². The molecule has 1 amide bonds. The van der Waals surface area contributed by atoms with E-state index >= 15 is 0 Å². The predicted molar refractivity (Wildman–Crippen MR) is 91.1 cm³/mol. The van der Waals surface area contributed by atoms with E-state index in [2.05, 4.69) is 22.0 Å². The number of rotatable bonds is 3. The second-order valence-corrected chi connectivity index (χ2v) is 7.36. The Bertz CT molecular complexity index is 598. The third-order valence-corrected chi connectivity index (χ3v) is 5.79. The van der Waals surface area contributed by atoms with Crippen molar-refractivity contribution in [2.24, 2.45) is 0 Å². The number of ether oxygens (including phenoxy) is 1. The molecule has 6 heteroatoms. The van der Waals surface area contributed by atoms with Crippen LogP contribution in [-0.4, -0.2) is 70.8 Å². The number of carbonyl (C=O) groups is 1. The van der Waals surface area contributed by atoms with Crippen LogP contribution in [0, 0.1) is 0 Å². The normalized spacial score (nSPS) is 27.6. The van der Waals surface area contributed by atoms with Crippen LogP contribution in [0.3, 0.4) is 0 Å². The van der Waals surface area contributed by atoms with E-state index in [1.165, 1.54) is 25.0 Å². The van der Waals surface area contributed by atoms with Crippen LogP contribution in [0.25, 0.3) is 0 Å². The first-order valence-electron chi connectivity index (χ1n) is 9.46. The molecule has 1 aliphatic carbocycles. The van der Waals surface area contributed by atoms with Gasteiger partial charge in [-0.05, 0) is 32.1 Å². The number of piperazine rings is 1. The standard InChI is InChI=1S/C18H28N4O2/c1-2-5-13-11-24-12-14-10-21(8-9-22(13)14)18(23)17-15-6-3-4-7-16(15)19-20-17/h13-14H,2-12H2,1H3,(H,19,20)/t13-,14+/m0/s1. The van der Waals surface area contributed by atoms with E-state index in [0.29, 0.717) is 17.8 Å².